The summed E-state index contributed by atoms with van der Waals surface area (Å²) in [5.74, 6) is -0.795. The topological polar surface area (TPSA) is 101 Å². The van der Waals surface area contributed by atoms with Crippen molar-refractivity contribution in [3.63, 3.8) is 0 Å². The zero-order chi connectivity index (χ0) is 19.8. The van der Waals surface area contributed by atoms with E-state index in [9.17, 15) is 9.18 Å². The van der Waals surface area contributed by atoms with Crippen molar-refractivity contribution < 1.29 is 14.3 Å². The number of carboxylic acid groups (broad SMARTS) is 1. The van der Waals surface area contributed by atoms with Crippen LogP contribution in [0, 0.1) is 19.7 Å². The Bertz CT molecular complexity index is 1200. The highest BCUT2D eigenvalue weighted by Gasteiger charge is 2.15. The summed E-state index contributed by atoms with van der Waals surface area (Å²) in [5.41, 5.74) is 3.21. The van der Waals surface area contributed by atoms with Gasteiger partial charge in [0, 0.05) is 17.9 Å². The van der Waals surface area contributed by atoms with Crippen LogP contribution in [0.5, 0.6) is 0 Å². The fraction of sp³-hybridized carbons (Fsp3) is 0.167. The molecule has 0 aliphatic carbocycles. The van der Waals surface area contributed by atoms with Crippen LogP contribution in [0.25, 0.3) is 10.2 Å². The summed E-state index contributed by atoms with van der Waals surface area (Å²) in [6, 6.07) is 4.49. The van der Waals surface area contributed by atoms with Crippen molar-refractivity contribution in [2.75, 3.05) is 5.32 Å². The smallest absolute Gasteiger partial charge is 0.355 e. The van der Waals surface area contributed by atoms with E-state index in [2.05, 4.69) is 25.5 Å². The molecule has 0 saturated carbocycles. The lowest BCUT2D eigenvalue weighted by Crippen LogP contribution is -2.06. The molecule has 4 aromatic rings. The molecule has 0 saturated heterocycles. The molecule has 142 valence electrons. The van der Waals surface area contributed by atoms with E-state index in [1.54, 1.807) is 6.07 Å². The Morgan fingerprint density at radius 1 is 1.21 bits per heavy atom. The fourth-order valence-corrected chi connectivity index (χ4v) is 4.25. The first-order valence-corrected chi connectivity index (χ1v) is 9.94. The Morgan fingerprint density at radius 3 is 2.79 bits per heavy atom. The summed E-state index contributed by atoms with van der Waals surface area (Å²) in [5, 5.41) is 23.5. The lowest BCUT2D eigenvalue weighted by molar-refractivity contribution is 0.0691. The first kappa shape index (κ1) is 18.4. The minimum atomic E-state index is -1.04. The van der Waals surface area contributed by atoms with Gasteiger partial charge in [-0.1, -0.05) is 11.3 Å². The second kappa shape index (κ2) is 7.21. The number of hydrogen-bond acceptors (Lipinski definition) is 8. The van der Waals surface area contributed by atoms with Gasteiger partial charge in [0.05, 0.1) is 20.9 Å². The third-order valence-electron chi connectivity index (χ3n) is 4.29. The van der Waals surface area contributed by atoms with Crippen LogP contribution in [-0.4, -0.2) is 31.2 Å². The number of nitrogens with zero attached hydrogens (tertiary/aromatic N) is 4. The van der Waals surface area contributed by atoms with E-state index in [1.807, 2.05) is 13.8 Å². The van der Waals surface area contributed by atoms with Crippen molar-refractivity contribution >= 4 is 49.8 Å². The molecule has 0 fully saturated rings. The molecule has 0 unspecified atom stereocenters. The highest BCUT2D eigenvalue weighted by Crippen LogP contribution is 2.30. The first-order valence-electron chi connectivity index (χ1n) is 8.24. The van der Waals surface area contributed by atoms with Gasteiger partial charge in [-0.25, -0.2) is 19.2 Å². The molecule has 0 amide bonds. The number of halogens is 1. The van der Waals surface area contributed by atoms with Crippen molar-refractivity contribution in [1.29, 1.82) is 0 Å². The standard InChI is InChI=1S/C18H14FN5O2S2/c1-8-9(2)16(22-18-21-12-5-10(19)3-4-14(12)28-18)24-23-11(8)6-15-20-13(7-27-15)17(25)26/h3-5,7H,6H2,1-2H3,(H,25,26)(H,21,22,24). The molecule has 0 aliphatic heterocycles. The molecular formula is C18H14FN5O2S2. The Hall–Kier alpha value is -2.98. The van der Waals surface area contributed by atoms with Gasteiger partial charge in [0.25, 0.3) is 0 Å². The van der Waals surface area contributed by atoms with Crippen LogP contribution in [0.3, 0.4) is 0 Å². The van der Waals surface area contributed by atoms with Gasteiger partial charge in [0.15, 0.2) is 16.6 Å². The maximum Gasteiger partial charge on any atom is 0.355 e. The zero-order valence-electron chi connectivity index (χ0n) is 14.9. The molecule has 0 aliphatic rings. The Morgan fingerprint density at radius 2 is 2.04 bits per heavy atom. The molecule has 7 nitrogen and oxygen atoms in total. The maximum absolute atomic E-state index is 13.3. The quantitative estimate of drug-likeness (QED) is 0.500. The van der Waals surface area contributed by atoms with Gasteiger partial charge >= 0.3 is 5.97 Å². The van der Waals surface area contributed by atoms with Crippen LogP contribution in [-0.2, 0) is 6.42 Å². The summed E-state index contributed by atoms with van der Waals surface area (Å²) in [6.07, 6.45) is 0.415. The fourth-order valence-electron chi connectivity index (χ4n) is 2.63. The van der Waals surface area contributed by atoms with Crippen LogP contribution >= 0.6 is 22.7 Å². The van der Waals surface area contributed by atoms with Crippen molar-refractivity contribution in [2.24, 2.45) is 0 Å². The molecule has 0 radical (unpaired) electrons. The number of hydrogen-bond donors (Lipinski definition) is 2. The molecule has 0 atom stereocenters. The number of rotatable bonds is 5. The van der Waals surface area contributed by atoms with E-state index in [0.29, 0.717) is 27.9 Å². The minimum Gasteiger partial charge on any atom is -0.476 e. The van der Waals surface area contributed by atoms with E-state index in [-0.39, 0.29) is 11.5 Å². The highest BCUT2D eigenvalue weighted by molar-refractivity contribution is 7.22. The molecule has 0 spiro atoms. The van der Waals surface area contributed by atoms with Crippen molar-refractivity contribution in [3.8, 4) is 0 Å². The SMILES string of the molecule is Cc1c(Cc2nc(C(=O)O)cs2)nnc(Nc2nc3cc(F)ccc3s2)c1C. The third-order valence-corrected chi connectivity index (χ3v) is 6.09. The monoisotopic (exact) mass is 415 g/mol. The van der Waals surface area contributed by atoms with Gasteiger partial charge < -0.3 is 10.4 Å². The van der Waals surface area contributed by atoms with Crippen LogP contribution in [0.1, 0.15) is 32.3 Å². The van der Waals surface area contributed by atoms with E-state index >= 15 is 0 Å². The van der Waals surface area contributed by atoms with Crippen LogP contribution < -0.4 is 5.32 Å². The molecule has 3 heterocycles. The average Bonchev–Trinajstić information content (AvgIpc) is 3.27. The number of carbonyl (C=O) groups is 1. The Kier molecular flexibility index (Phi) is 4.73. The largest absolute Gasteiger partial charge is 0.476 e. The van der Waals surface area contributed by atoms with Crippen molar-refractivity contribution in [1.82, 2.24) is 20.2 Å². The van der Waals surface area contributed by atoms with E-state index in [0.717, 1.165) is 21.5 Å². The summed E-state index contributed by atoms with van der Waals surface area (Å²) in [6.45, 7) is 3.86. The number of thiazole rings is 2. The maximum atomic E-state index is 13.3. The molecule has 28 heavy (non-hydrogen) atoms. The predicted molar refractivity (Wildman–Crippen MR) is 106 cm³/mol. The van der Waals surface area contributed by atoms with Gasteiger partial charge in [-0.3, -0.25) is 0 Å². The van der Waals surface area contributed by atoms with Crippen molar-refractivity contribution in [2.45, 2.75) is 20.3 Å². The number of benzene rings is 1. The lowest BCUT2D eigenvalue weighted by atomic mass is 10.1. The van der Waals surface area contributed by atoms with Gasteiger partial charge in [0.1, 0.15) is 5.82 Å². The molecule has 4 rings (SSSR count). The second-order valence-electron chi connectivity index (χ2n) is 6.11. The summed E-state index contributed by atoms with van der Waals surface area (Å²) in [7, 11) is 0. The molecule has 1 aromatic carbocycles. The summed E-state index contributed by atoms with van der Waals surface area (Å²) >= 11 is 2.69. The van der Waals surface area contributed by atoms with E-state index < -0.39 is 5.97 Å². The number of aromatic nitrogens is 4. The van der Waals surface area contributed by atoms with E-state index in [4.69, 9.17) is 5.11 Å². The zero-order valence-corrected chi connectivity index (χ0v) is 16.5. The van der Waals surface area contributed by atoms with Crippen LogP contribution in [0.4, 0.5) is 15.3 Å². The third kappa shape index (κ3) is 3.56. The lowest BCUT2D eigenvalue weighted by Gasteiger charge is -2.10. The average molecular weight is 415 g/mol. The molecule has 10 heteroatoms. The number of aromatic carboxylic acids is 1. The van der Waals surface area contributed by atoms with Crippen molar-refractivity contribution in [3.05, 3.63) is 56.9 Å². The van der Waals surface area contributed by atoms with Gasteiger partial charge in [-0.15, -0.1) is 16.4 Å². The van der Waals surface area contributed by atoms with Gasteiger partial charge in [-0.2, -0.15) is 5.10 Å². The normalized spacial score (nSPS) is 11.1. The first-order chi connectivity index (χ1) is 13.4. The number of fused-ring (bicyclic) bond motifs is 1. The molecule has 2 N–H and O–H groups in total. The molecule has 0 bridgehead atoms. The molecule has 3 aromatic heterocycles. The highest BCUT2D eigenvalue weighted by atomic mass is 32.1. The number of anilines is 2. The van der Waals surface area contributed by atoms with Crippen LogP contribution in [0.2, 0.25) is 0 Å². The van der Waals surface area contributed by atoms with Gasteiger partial charge in [0.2, 0.25) is 0 Å². The number of carboxylic acids is 1. The Balaban J connectivity index is 1.58. The minimum absolute atomic E-state index is 0.0351. The predicted octanol–water partition coefficient (Wildman–Crippen LogP) is 4.33. The van der Waals surface area contributed by atoms with Crippen LogP contribution in [0.15, 0.2) is 23.6 Å². The summed E-state index contributed by atoms with van der Waals surface area (Å²) in [4.78, 5) is 19.5. The molecular weight excluding hydrogens is 401 g/mol. The Labute approximate surface area is 166 Å². The van der Waals surface area contributed by atoms with E-state index in [1.165, 1.54) is 40.2 Å². The number of nitrogens with one attached hydrogen (secondary N) is 1. The second-order valence-corrected chi connectivity index (χ2v) is 8.08. The summed E-state index contributed by atoms with van der Waals surface area (Å²) < 4.78 is 14.2. The van der Waals surface area contributed by atoms with Gasteiger partial charge in [-0.05, 0) is 37.1 Å².